The molecule has 0 spiro atoms. The van der Waals surface area contributed by atoms with Crippen LogP contribution in [0.25, 0.3) is 0 Å². The molecule has 1 N–H and O–H groups in total. The van der Waals surface area contributed by atoms with Gasteiger partial charge in [0.1, 0.15) is 0 Å². The highest BCUT2D eigenvalue weighted by molar-refractivity contribution is 7.09. The molecule has 3 nitrogen and oxygen atoms in total. The van der Waals surface area contributed by atoms with E-state index in [4.69, 9.17) is 4.74 Å². The second kappa shape index (κ2) is 5.94. The zero-order chi connectivity index (χ0) is 12.3. The highest BCUT2D eigenvalue weighted by Gasteiger charge is 2.31. The van der Waals surface area contributed by atoms with Gasteiger partial charge in [-0.15, -0.1) is 11.3 Å². The topological polar surface area (TPSA) is 34.2 Å². The molecule has 1 aliphatic heterocycles. The molecule has 2 heterocycles. The lowest BCUT2D eigenvalue weighted by Gasteiger charge is -2.26. The summed E-state index contributed by atoms with van der Waals surface area (Å²) in [5, 5.41) is 6.87. The molecule has 1 saturated heterocycles. The minimum atomic E-state index is 0.344. The van der Waals surface area contributed by atoms with Gasteiger partial charge >= 0.3 is 0 Å². The van der Waals surface area contributed by atoms with Gasteiger partial charge in [0, 0.05) is 24.4 Å². The fourth-order valence-corrected chi connectivity index (χ4v) is 3.15. The third-order valence-corrected chi connectivity index (χ3v) is 4.23. The molecular weight excluding hydrogens is 232 g/mol. The first-order valence-corrected chi connectivity index (χ1v) is 7.34. The maximum absolute atomic E-state index is 5.87. The largest absolute Gasteiger partial charge is 0.376 e. The van der Waals surface area contributed by atoms with Gasteiger partial charge < -0.3 is 10.1 Å². The molecular formula is C13H22N2OS. The molecule has 4 heteroatoms. The molecule has 0 radical (unpaired) electrons. The van der Waals surface area contributed by atoms with Gasteiger partial charge in [0.25, 0.3) is 0 Å². The van der Waals surface area contributed by atoms with Gasteiger partial charge in [-0.2, -0.15) is 0 Å². The van der Waals surface area contributed by atoms with Gasteiger partial charge in [0.15, 0.2) is 0 Å². The summed E-state index contributed by atoms with van der Waals surface area (Å²) in [5.41, 5.74) is 1.20. The third kappa shape index (κ3) is 3.27. The number of ether oxygens (including phenoxy) is 1. The van der Waals surface area contributed by atoms with Crippen LogP contribution in [0.5, 0.6) is 0 Å². The number of thiazole rings is 1. The van der Waals surface area contributed by atoms with Crippen LogP contribution in [0.1, 0.15) is 31.0 Å². The number of nitrogens with one attached hydrogen (secondary N) is 1. The number of likely N-dealkylation sites (N-methyl/N-ethyl adjacent to an activating group) is 1. The normalized spacial score (nSPS) is 26.3. The van der Waals surface area contributed by atoms with Crippen LogP contribution in [0.2, 0.25) is 0 Å². The van der Waals surface area contributed by atoms with E-state index in [1.165, 1.54) is 12.1 Å². The summed E-state index contributed by atoms with van der Waals surface area (Å²) in [7, 11) is 0. The smallest absolute Gasteiger partial charge is 0.0897 e. The number of hydrogen-bond acceptors (Lipinski definition) is 4. The zero-order valence-electron chi connectivity index (χ0n) is 10.9. The minimum Gasteiger partial charge on any atom is -0.376 e. The number of nitrogens with zero attached hydrogens (tertiary/aromatic N) is 1. The first-order chi connectivity index (χ1) is 8.20. The lowest BCUT2D eigenvalue weighted by Crippen LogP contribution is -2.43. The summed E-state index contributed by atoms with van der Waals surface area (Å²) in [6, 6.07) is 0.402. The average molecular weight is 254 g/mol. The first kappa shape index (κ1) is 13.0. The summed E-state index contributed by atoms with van der Waals surface area (Å²) in [6.07, 6.45) is 2.51. The molecule has 1 aromatic rings. The monoisotopic (exact) mass is 254 g/mol. The van der Waals surface area contributed by atoms with Gasteiger partial charge in [-0.1, -0.05) is 13.8 Å². The van der Waals surface area contributed by atoms with Crippen LogP contribution < -0.4 is 5.32 Å². The predicted molar refractivity (Wildman–Crippen MR) is 71.5 cm³/mol. The van der Waals surface area contributed by atoms with E-state index in [-0.39, 0.29) is 0 Å². The van der Waals surface area contributed by atoms with Crippen LogP contribution in [0.3, 0.4) is 0 Å². The van der Waals surface area contributed by atoms with E-state index in [9.17, 15) is 0 Å². The summed E-state index contributed by atoms with van der Waals surface area (Å²) in [6.45, 7) is 8.39. The standard InChI is InChI=1S/C13H22N2OS/c1-4-14-12(13-9(2)5-6-16-13)7-11-8-17-10(3)15-11/h8-9,12-14H,4-7H2,1-3H3. The summed E-state index contributed by atoms with van der Waals surface area (Å²) >= 11 is 1.73. The number of aryl methyl sites for hydroxylation is 1. The average Bonchev–Trinajstić information content (AvgIpc) is 2.87. The van der Waals surface area contributed by atoms with Crippen LogP contribution in [0, 0.1) is 12.8 Å². The van der Waals surface area contributed by atoms with Crippen LogP contribution in [0.15, 0.2) is 5.38 Å². The Balaban J connectivity index is 2.01. The zero-order valence-corrected chi connectivity index (χ0v) is 11.7. The summed E-state index contributed by atoms with van der Waals surface area (Å²) in [4.78, 5) is 4.55. The van der Waals surface area contributed by atoms with Crippen molar-refractivity contribution in [1.82, 2.24) is 10.3 Å². The third-order valence-electron chi connectivity index (χ3n) is 3.40. The molecule has 1 aliphatic rings. The minimum absolute atomic E-state index is 0.344. The first-order valence-electron chi connectivity index (χ1n) is 6.46. The van der Waals surface area contributed by atoms with Crippen molar-refractivity contribution in [2.45, 2.75) is 45.8 Å². The van der Waals surface area contributed by atoms with Gasteiger partial charge in [-0.25, -0.2) is 4.98 Å². The van der Waals surface area contributed by atoms with E-state index in [2.05, 4.69) is 36.5 Å². The Morgan fingerprint density at radius 3 is 3.00 bits per heavy atom. The maximum Gasteiger partial charge on any atom is 0.0897 e. The molecule has 3 unspecified atom stereocenters. The van der Waals surface area contributed by atoms with Crippen LogP contribution >= 0.6 is 11.3 Å². The summed E-state index contributed by atoms with van der Waals surface area (Å²) < 4.78 is 5.87. The highest BCUT2D eigenvalue weighted by atomic mass is 32.1. The maximum atomic E-state index is 5.87. The number of rotatable bonds is 5. The van der Waals surface area contributed by atoms with Crippen molar-refractivity contribution in [1.29, 1.82) is 0 Å². The Morgan fingerprint density at radius 1 is 1.65 bits per heavy atom. The Bertz CT molecular complexity index is 353. The molecule has 0 saturated carbocycles. The molecule has 1 fully saturated rings. The predicted octanol–water partition coefficient (Wildman–Crippen LogP) is 2.40. The molecule has 3 atom stereocenters. The fraction of sp³-hybridized carbons (Fsp3) is 0.769. The van der Waals surface area contributed by atoms with Crippen molar-refractivity contribution in [2.75, 3.05) is 13.2 Å². The fourth-order valence-electron chi connectivity index (χ4n) is 2.53. The van der Waals surface area contributed by atoms with Gasteiger partial charge in [0.2, 0.25) is 0 Å². The van der Waals surface area contributed by atoms with Crippen molar-refractivity contribution in [3.05, 3.63) is 16.1 Å². The SMILES string of the molecule is CCNC(Cc1csc(C)n1)C1OCCC1C. The number of aromatic nitrogens is 1. The molecule has 1 aromatic heterocycles. The van der Waals surface area contributed by atoms with Crippen LogP contribution in [-0.4, -0.2) is 30.3 Å². The second-order valence-corrected chi connectivity index (χ2v) is 5.89. The molecule has 96 valence electrons. The Hall–Kier alpha value is -0.450. The van der Waals surface area contributed by atoms with Crippen molar-refractivity contribution in [3.63, 3.8) is 0 Å². The lowest BCUT2D eigenvalue weighted by molar-refractivity contribution is 0.0612. The second-order valence-electron chi connectivity index (χ2n) is 4.83. The van der Waals surface area contributed by atoms with Gasteiger partial charge in [-0.05, 0) is 25.8 Å². The van der Waals surface area contributed by atoms with Gasteiger partial charge in [0.05, 0.1) is 16.8 Å². The highest BCUT2D eigenvalue weighted by Crippen LogP contribution is 2.25. The van der Waals surface area contributed by atoms with Crippen molar-refractivity contribution >= 4 is 11.3 Å². The van der Waals surface area contributed by atoms with E-state index < -0.39 is 0 Å². The lowest BCUT2D eigenvalue weighted by atomic mass is 9.94. The van der Waals surface area contributed by atoms with E-state index in [0.717, 1.165) is 24.6 Å². The van der Waals surface area contributed by atoms with Crippen LogP contribution in [0.4, 0.5) is 0 Å². The molecule has 17 heavy (non-hydrogen) atoms. The van der Waals surface area contributed by atoms with E-state index in [0.29, 0.717) is 18.1 Å². The molecule has 0 aliphatic carbocycles. The molecule has 2 rings (SSSR count). The van der Waals surface area contributed by atoms with Crippen molar-refractivity contribution < 1.29 is 4.74 Å². The molecule has 0 amide bonds. The van der Waals surface area contributed by atoms with Gasteiger partial charge in [-0.3, -0.25) is 0 Å². The number of hydrogen-bond donors (Lipinski definition) is 1. The van der Waals surface area contributed by atoms with Crippen molar-refractivity contribution in [2.24, 2.45) is 5.92 Å². The Labute approximate surface area is 108 Å². The van der Waals surface area contributed by atoms with E-state index in [1.807, 2.05) is 0 Å². The quantitative estimate of drug-likeness (QED) is 0.876. The Morgan fingerprint density at radius 2 is 2.47 bits per heavy atom. The Kier molecular flexibility index (Phi) is 4.54. The molecule has 0 aromatic carbocycles. The van der Waals surface area contributed by atoms with Crippen LogP contribution in [-0.2, 0) is 11.2 Å². The summed E-state index contributed by atoms with van der Waals surface area (Å²) in [5.74, 6) is 0.652. The molecule has 0 bridgehead atoms. The van der Waals surface area contributed by atoms with E-state index in [1.54, 1.807) is 11.3 Å². The van der Waals surface area contributed by atoms with Crippen molar-refractivity contribution in [3.8, 4) is 0 Å². The van der Waals surface area contributed by atoms with E-state index >= 15 is 0 Å².